The molecule has 108 valence electrons. The van der Waals surface area contributed by atoms with E-state index in [1.807, 2.05) is 23.1 Å². The smallest absolute Gasteiger partial charge is 0.232 e. The number of hydrogen-bond donors (Lipinski definition) is 1. The van der Waals surface area contributed by atoms with Crippen molar-refractivity contribution in [2.24, 2.45) is 11.7 Å². The number of benzene rings is 1. The second-order valence-corrected chi connectivity index (χ2v) is 6.00. The minimum atomic E-state index is 0.0738. The first kappa shape index (κ1) is 15.1. The molecule has 0 radical (unpaired) electrons. The van der Waals surface area contributed by atoms with E-state index in [0.29, 0.717) is 29.5 Å². The summed E-state index contributed by atoms with van der Waals surface area (Å²) in [7, 11) is 0. The van der Waals surface area contributed by atoms with E-state index in [2.05, 4.69) is 0 Å². The van der Waals surface area contributed by atoms with Crippen LogP contribution in [0.2, 0.25) is 0 Å². The lowest BCUT2D eigenvalue weighted by molar-refractivity contribution is -0.127. The van der Waals surface area contributed by atoms with Crippen molar-refractivity contribution in [3.8, 4) is 0 Å². The lowest BCUT2D eigenvalue weighted by Crippen LogP contribution is -2.31. The molecule has 0 aliphatic carbocycles. The first-order valence-electron chi connectivity index (χ1n) is 6.84. The second-order valence-electron chi connectivity index (χ2n) is 5.01. The standard InChI is InChI=1S/C15H20N2O2S/c16-8-12-6-7-17(9-12)15(19)11-20-10-14(18)13-4-2-1-3-5-13/h1-5,12H,6-11,16H2. The molecule has 1 aliphatic rings. The molecular formula is C15H20N2O2S. The first-order valence-corrected chi connectivity index (χ1v) is 8.00. The lowest BCUT2D eigenvalue weighted by Gasteiger charge is -2.15. The zero-order valence-corrected chi connectivity index (χ0v) is 12.3. The van der Waals surface area contributed by atoms with Crippen LogP contribution < -0.4 is 5.73 Å². The Morgan fingerprint density at radius 1 is 1.25 bits per heavy atom. The molecule has 2 rings (SSSR count). The number of Topliss-reactive ketones (excluding diaryl/α,β-unsaturated/α-hetero) is 1. The topological polar surface area (TPSA) is 63.4 Å². The van der Waals surface area contributed by atoms with Crippen LogP contribution in [0.25, 0.3) is 0 Å². The number of rotatable bonds is 6. The normalized spacial score (nSPS) is 18.2. The van der Waals surface area contributed by atoms with Gasteiger partial charge in [0, 0.05) is 18.7 Å². The van der Waals surface area contributed by atoms with Crippen LogP contribution in [0.5, 0.6) is 0 Å². The summed E-state index contributed by atoms with van der Waals surface area (Å²) >= 11 is 1.39. The molecule has 2 N–H and O–H groups in total. The summed E-state index contributed by atoms with van der Waals surface area (Å²) < 4.78 is 0. The highest BCUT2D eigenvalue weighted by Gasteiger charge is 2.24. The molecule has 1 fully saturated rings. The number of hydrogen-bond acceptors (Lipinski definition) is 4. The molecule has 1 unspecified atom stereocenters. The highest BCUT2D eigenvalue weighted by atomic mass is 32.2. The average Bonchev–Trinajstić information content (AvgIpc) is 2.97. The third kappa shape index (κ3) is 4.08. The van der Waals surface area contributed by atoms with Crippen LogP contribution in [0.15, 0.2) is 30.3 Å². The number of nitrogens with two attached hydrogens (primary N) is 1. The van der Waals surface area contributed by atoms with Gasteiger partial charge in [-0.2, -0.15) is 0 Å². The first-order chi connectivity index (χ1) is 9.70. The minimum absolute atomic E-state index is 0.0738. The van der Waals surface area contributed by atoms with Crippen molar-refractivity contribution in [1.29, 1.82) is 0 Å². The average molecular weight is 292 g/mol. The Labute approximate surface area is 123 Å². The third-order valence-corrected chi connectivity index (χ3v) is 4.44. The van der Waals surface area contributed by atoms with Crippen LogP contribution in [0.1, 0.15) is 16.8 Å². The Kier molecular flexibility index (Phi) is 5.61. The molecule has 1 aromatic rings. The zero-order chi connectivity index (χ0) is 14.4. The molecule has 1 heterocycles. The Balaban J connectivity index is 1.71. The summed E-state index contributed by atoms with van der Waals surface area (Å²) in [6, 6.07) is 9.18. The third-order valence-electron chi connectivity index (χ3n) is 3.53. The van der Waals surface area contributed by atoms with Gasteiger partial charge in [-0.05, 0) is 18.9 Å². The molecule has 0 bridgehead atoms. The molecule has 0 saturated carbocycles. The van der Waals surface area contributed by atoms with Gasteiger partial charge in [0.05, 0.1) is 11.5 Å². The van der Waals surface area contributed by atoms with Gasteiger partial charge < -0.3 is 10.6 Å². The predicted molar refractivity (Wildman–Crippen MR) is 81.8 cm³/mol. The highest BCUT2D eigenvalue weighted by molar-refractivity contribution is 8.00. The summed E-state index contributed by atoms with van der Waals surface area (Å²) in [5.41, 5.74) is 6.32. The number of ketones is 1. The van der Waals surface area contributed by atoms with E-state index in [4.69, 9.17) is 5.73 Å². The van der Waals surface area contributed by atoms with Crippen molar-refractivity contribution in [3.05, 3.63) is 35.9 Å². The molecule has 5 heteroatoms. The van der Waals surface area contributed by atoms with E-state index >= 15 is 0 Å². The van der Waals surface area contributed by atoms with E-state index in [1.54, 1.807) is 12.1 Å². The van der Waals surface area contributed by atoms with Crippen LogP contribution >= 0.6 is 11.8 Å². The molecule has 1 saturated heterocycles. The fourth-order valence-electron chi connectivity index (χ4n) is 2.28. The number of amides is 1. The van der Waals surface area contributed by atoms with Crippen molar-refractivity contribution in [2.75, 3.05) is 31.1 Å². The largest absolute Gasteiger partial charge is 0.342 e. The number of carbonyl (C=O) groups is 2. The van der Waals surface area contributed by atoms with Crippen LogP contribution in [0, 0.1) is 5.92 Å². The number of thioether (sulfide) groups is 1. The summed E-state index contributed by atoms with van der Waals surface area (Å²) in [5.74, 6) is 1.35. The monoisotopic (exact) mass is 292 g/mol. The molecule has 0 aromatic heterocycles. The maximum atomic E-state index is 12.0. The van der Waals surface area contributed by atoms with Crippen molar-refractivity contribution in [2.45, 2.75) is 6.42 Å². The number of carbonyl (C=O) groups excluding carboxylic acids is 2. The lowest BCUT2D eigenvalue weighted by atomic mass is 10.1. The highest BCUT2D eigenvalue weighted by Crippen LogP contribution is 2.16. The predicted octanol–water partition coefficient (Wildman–Crippen LogP) is 1.41. The minimum Gasteiger partial charge on any atom is -0.342 e. The van der Waals surface area contributed by atoms with Gasteiger partial charge in [0.1, 0.15) is 0 Å². The molecule has 1 amide bonds. The molecule has 20 heavy (non-hydrogen) atoms. The van der Waals surface area contributed by atoms with Gasteiger partial charge in [-0.1, -0.05) is 30.3 Å². The Morgan fingerprint density at radius 2 is 2.00 bits per heavy atom. The van der Waals surface area contributed by atoms with Crippen LogP contribution in [-0.4, -0.2) is 47.7 Å². The quantitative estimate of drug-likeness (QED) is 0.805. The van der Waals surface area contributed by atoms with Gasteiger partial charge in [0.15, 0.2) is 5.78 Å². The van der Waals surface area contributed by atoms with E-state index < -0.39 is 0 Å². The van der Waals surface area contributed by atoms with Crippen molar-refractivity contribution >= 4 is 23.5 Å². The van der Waals surface area contributed by atoms with Gasteiger partial charge in [-0.25, -0.2) is 0 Å². The van der Waals surface area contributed by atoms with Gasteiger partial charge in [0.2, 0.25) is 5.91 Å². The van der Waals surface area contributed by atoms with Crippen molar-refractivity contribution in [1.82, 2.24) is 4.90 Å². The van der Waals surface area contributed by atoms with E-state index in [0.717, 1.165) is 19.5 Å². The van der Waals surface area contributed by atoms with Gasteiger partial charge >= 0.3 is 0 Å². The molecule has 0 spiro atoms. The van der Waals surface area contributed by atoms with Crippen LogP contribution in [0.4, 0.5) is 0 Å². The summed E-state index contributed by atoms with van der Waals surface area (Å²) in [5, 5.41) is 0. The Bertz CT molecular complexity index is 464. The molecule has 4 nitrogen and oxygen atoms in total. The molecular weight excluding hydrogens is 272 g/mol. The number of nitrogens with zero attached hydrogens (tertiary/aromatic N) is 1. The second kappa shape index (κ2) is 7.45. The van der Waals surface area contributed by atoms with E-state index in [-0.39, 0.29) is 11.7 Å². The zero-order valence-electron chi connectivity index (χ0n) is 11.5. The summed E-state index contributed by atoms with van der Waals surface area (Å²) in [6.07, 6.45) is 0.996. The Morgan fingerprint density at radius 3 is 2.65 bits per heavy atom. The van der Waals surface area contributed by atoms with Gasteiger partial charge in [-0.15, -0.1) is 11.8 Å². The maximum absolute atomic E-state index is 12.0. The fourth-order valence-corrected chi connectivity index (χ4v) is 3.09. The SMILES string of the molecule is NCC1CCN(C(=O)CSCC(=O)c2ccccc2)C1. The maximum Gasteiger partial charge on any atom is 0.232 e. The molecule has 1 atom stereocenters. The van der Waals surface area contributed by atoms with Crippen molar-refractivity contribution in [3.63, 3.8) is 0 Å². The van der Waals surface area contributed by atoms with E-state index in [9.17, 15) is 9.59 Å². The van der Waals surface area contributed by atoms with Crippen LogP contribution in [0.3, 0.4) is 0 Å². The van der Waals surface area contributed by atoms with Gasteiger partial charge in [0.25, 0.3) is 0 Å². The van der Waals surface area contributed by atoms with Gasteiger partial charge in [-0.3, -0.25) is 9.59 Å². The summed E-state index contributed by atoms with van der Waals surface area (Å²) in [6.45, 7) is 2.21. The van der Waals surface area contributed by atoms with E-state index in [1.165, 1.54) is 11.8 Å². The van der Waals surface area contributed by atoms with Crippen LogP contribution in [-0.2, 0) is 4.79 Å². The molecule has 1 aromatic carbocycles. The number of likely N-dealkylation sites (tertiary alicyclic amines) is 1. The fraction of sp³-hybridized carbons (Fsp3) is 0.467. The molecule has 1 aliphatic heterocycles. The van der Waals surface area contributed by atoms with Crippen molar-refractivity contribution < 1.29 is 9.59 Å². The Hall–Kier alpha value is -1.33. The summed E-state index contributed by atoms with van der Waals surface area (Å²) in [4.78, 5) is 25.7.